The molecule has 5 heteroatoms. The summed E-state index contributed by atoms with van der Waals surface area (Å²) in [6.45, 7) is 7.77. The molecule has 0 spiro atoms. The van der Waals surface area contributed by atoms with E-state index in [1.54, 1.807) is 0 Å². The van der Waals surface area contributed by atoms with E-state index in [4.69, 9.17) is 14.2 Å². The third-order valence-electron chi connectivity index (χ3n) is 10.5. The topological polar surface area (TPSA) is 61.8 Å². The van der Waals surface area contributed by atoms with Crippen molar-refractivity contribution in [2.45, 2.75) is 258 Å². The number of carbonyl (C=O) groups excluding carboxylic acids is 2. The van der Waals surface area contributed by atoms with Crippen LogP contribution in [0, 0.1) is 0 Å². The van der Waals surface area contributed by atoms with Crippen LogP contribution in [0.4, 0.5) is 0 Å². The minimum Gasteiger partial charge on any atom is -0.462 e. The van der Waals surface area contributed by atoms with E-state index in [2.05, 4.69) is 45.1 Å². The highest BCUT2D eigenvalue weighted by atomic mass is 16.6. The predicted octanol–water partition coefficient (Wildman–Crippen LogP) is 15.7. The molecule has 0 saturated heterocycles. The fourth-order valence-electron chi connectivity index (χ4n) is 6.83. The summed E-state index contributed by atoms with van der Waals surface area (Å²) >= 11 is 0. The fourth-order valence-corrected chi connectivity index (χ4v) is 6.83. The molecular weight excluding hydrogens is 669 g/mol. The molecule has 0 bridgehead atoms. The largest absolute Gasteiger partial charge is 0.462 e. The van der Waals surface area contributed by atoms with Gasteiger partial charge in [-0.3, -0.25) is 9.59 Å². The van der Waals surface area contributed by atoms with E-state index in [1.165, 1.54) is 161 Å². The summed E-state index contributed by atoms with van der Waals surface area (Å²) in [4.78, 5) is 25.2. The van der Waals surface area contributed by atoms with Crippen molar-refractivity contribution >= 4 is 11.9 Å². The van der Waals surface area contributed by atoms with Crippen molar-refractivity contribution in [3.05, 3.63) is 24.3 Å². The van der Waals surface area contributed by atoms with Gasteiger partial charge in [0.25, 0.3) is 0 Å². The van der Waals surface area contributed by atoms with Gasteiger partial charge in [-0.15, -0.1) is 0 Å². The first-order valence-corrected chi connectivity index (χ1v) is 23.9. The van der Waals surface area contributed by atoms with Gasteiger partial charge in [0, 0.05) is 19.4 Å². The Morgan fingerprint density at radius 2 is 0.741 bits per heavy atom. The van der Waals surface area contributed by atoms with Crippen LogP contribution in [0.2, 0.25) is 0 Å². The molecule has 0 aromatic rings. The molecule has 0 amide bonds. The van der Waals surface area contributed by atoms with Crippen molar-refractivity contribution in [1.29, 1.82) is 0 Å². The predicted molar refractivity (Wildman–Crippen MR) is 233 cm³/mol. The molecular formula is C49H92O5. The van der Waals surface area contributed by atoms with Crippen molar-refractivity contribution in [2.24, 2.45) is 0 Å². The van der Waals surface area contributed by atoms with Gasteiger partial charge in [-0.2, -0.15) is 0 Å². The lowest BCUT2D eigenvalue weighted by atomic mass is 10.0. The van der Waals surface area contributed by atoms with E-state index in [0.29, 0.717) is 19.4 Å². The highest BCUT2D eigenvalue weighted by Gasteiger charge is 2.17. The molecule has 318 valence electrons. The monoisotopic (exact) mass is 761 g/mol. The Kier molecular flexibility index (Phi) is 44.4. The molecule has 0 aliphatic rings. The van der Waals surface area contributed by atoms with Gasteiger partial charge >= 0.3 is 11.9 Å². The third kappa shape index (κ3) is 43.1. The highest BCUT2D eigenvalue weighted by Crippen LogP contribution is 2.15. The van der Waals surface area contributed by atoms with Gasteiger partial charge in [-0.25, -0.2) is 0 Å². The Morgan fingerprint density at radius 3 is 1.19 bits per heavy atom. The smallest absolute Gasteiger partial charge is 0.306 e. The maximum Gasteiger partial charge on any atom is 0.306 e. The second kappa shape index (κ2) is 45.8. The van der Waals surface area contributed by atoms with Crippen LogP contribution in [0.3, 0.4) is 0 Å². The average Bonchev–Trinajstić information content (AvgIpc) is 3.17. The summed E-state index contributed by atoms with van der Waals surface area (Å²) in [5.74, 6) is -0.408. The van der Waals surface area contributed by atoms with Crippen LogP contribution in [0.1, 0.15) is 252 Å². The molecule has 0 heterocycles. The van der Waals surface area contributed by atoms with Crippen LogP contribution in [-0.4, -0.2) is 37.9 Å². The zero-order chi connectivity index (χ0) is 39.3. The Morgan fingerprint density at radius 1 is 0.389 bits per heavy atom. The lowest BCUT2D eigenvalue weighted by molar-refractivity contribution is -0.163. The summed E-state index contributed by atoms with van der Waals surface area (Å²) in [6, 6.07) is 0. The molecule has 0 fully saturated rings. The summed E-state index contributed by atoms with van der Waals surface area (Å²) in [7, 11) is 0. The Bertz CT molecular complexity index is 821. The van der Waals surface area contributed by atoms with Gasteiger partial charge in [-0.1, -0.05) is 206 Å². The minimum atomic E-state index is -0.535. The van der Waals surface area contributed by atoms with Crippen molar-refractivity contribution < 1.29 is 23.8 Å². The first-order chi connectivity index (χ1) is 26.6. The van der Waals surface area contributed by atoms with Crippen molar-refractivity contribution in [3.63, 3.8) is 0 Å². The SMILES string of the molecule is CCCC/C=C\CCCCCCCC(=O)OCC(COCCCCCCCCCCCCCCCCCC)OC(=O)CCCCCCC/C=C\CCCC. The number of unbranched alkanes of at least 4 members (excludes halogenated alkanes) is 29. The Hall–Kier alpha value is -1.62. The third-order valence-corrected chi connectivity index (χ3v) is 10.5. The average molecular weight is 761 g/mol. The number of allylic oxidation sites excluding steroid dienone is 4. The number of rotatable bonds is 44. The Balaban J connectivity index is 4.20. The molecule has 0 rings (SSSR count). The summed E-state index contributed by atoms with van der Waals surface area (Å²) in [6.07, 6.45) is 51.8. The van der Waals surface area contributed by atoms with Crippen LogP contribution in [-0.2, 0) is 23.8 Å². The zero-order valence-electron chi connectivity index (χ0n) is 36.5. The highest BCUT2D eigenvalue weighted by molar-refractivity contribution is 5.70. The van der Waals surface area contributed by atoms with E-state index in [-0.39, 0.29) is 25.2 Å². The molecule has 0 radical (unpaired) electrons. The molecule has 54 heavy (non-hydrogen) atoms. The first-order valence-electron chi connectivity index (χ1n) is 23.9. The second-order valence-corrected chi connectivity index (χ2v) is 16.0. The van der Waals surface area contributed by atoms with Crippen LogP contribution in [0.15, 0.2) is 24.3 Å². The van der Waals surface area contributed by atoms with Gasteiger partial charge in [0.1, 0.15) is 6.61 Å². The molecule has 0 N–H and O–H groups in total. The van der Waals surface area contributed by atoms with Crippen molar-refractivity contribution in [2.75, 3.05) is 19.8 Å². The lowest BCUT2D eigenvalue weighted by Crippen LogP contribution is -2.30. The van der Waals surface area contributed by atoms with Crippen LogP contribution in [0.5, 0.6) is 0 Å². The van der Waals surface area contributed by atoms with Gasteiger partial charge in [-0.05, 0) is 57.8 Å². The van der Waals surface area contributed by atoms with Crippen LogP contribution in [0.25, 0.3) is 0 Å². The molecule has 1 atom stereocenters. The molecule has 5 nitrogen and oxygen atoms in total. The maximum atomic E-state index is 12.7. The number of hydrogen-bond donors (Lipinski definition) is 0. The fraction of sp³-hybridized carbons (Fsp3) is 0.878. The standard InChI is InChI=1S/C49H92O5/c1-4-7-10-13-16-19-22-23-24-25-26-29-32-35-38-41-44-52-45-47(54-49(51)43-40-37-34-31-28-21-18-15-12-9-6-3)46-53-48(50)42-39-36-33-30-27-20-17-14-11-8-5-2/h14-15,17-18,47H,4-13,16,19-46H2,1-3H3/b17-14-,18-15-. The summed E-state index contributed by atoms with van der Waals surface area (Å²) in [5.41, 5.74) is 0. The lowest BCUT2D eigenvalue weighted by Gasteiger charge is -2.18. The molecule has 0 saturated carbocycles. The van der Waals surface area contributed by atoms with E-state index < -0.39 is 6.10 Å². The molecule has 0 aromatic heterocycles. The summed E-state index contributed by atoms with van der Waals surface area (Å²) in [5, 5.41) is 0. The van der Waals surface area contributed by atoms with Gasteiger partial charge in [0.05, 0.1) is 6.61 Å². The number of ether oxygens (including phenoxy) is 3. The second-order valence-electron chi connectivity index (χ2n) is 16.0. The molecule has 1 unspecified atom stereocenters. The van der Waals surface area contributed by atoms with E-state index in [9.17, 15) is 9.59 Å². The molecule has 0 aromatic carbocycles. The van der Waals surface area contributed by atoms with E-state index in [0.717, 1.165) is 57.8 Å². The van der Waals surface area contributed by atoms with Gasteiger partial charge in [0.15, 0.2) is 6.10 Å². The van der Waals surface area contributed by atoms with Crippen LogP contribution >= 0.6 is 0 Å². The quantitative estimate of drug-likeness (QED) is 0.0352. The normalized spacial score (nSPS) is 12.3. The Labute approximate surface area is 337 Å². The molecule has 0 aliphatic carbocycles. The minimum absolute atomic E-state index is 0.0830. The zero-order valence-corrected chi connectivity index (χ0v) is 36.5. The first kappa shape index (κ1) is 52.4. The summed E-state index contributed by atoms with van der Waals surface area (Å²) < 4.78 is 17.3. The number of hydrogen-bond acceptors (Lipinski definition) is 5. The number of esters is 2. The van der Waals surface area contributed by atoms with Crippen molar-refractivity contribution in [1.82, 2.24) is 0 Å². The molecule has 0 aliphatic heterocycles. The van der Waals surface area contributed by atoms with Crippen LogP contribution < -0.4 is 0 Å². The maximum absolute atomic E-state index is 12.7. The van der Waals surface area contributed by atoms with Gasteiger partial charge in [0.2, 0.25) is 0 Å². The number of carbonyl (C=O) groups is 2. The van der Waals surface area contributed by atoms with E-state index >= 15 is 0 Å². The van der Waals surface area contributed by atoms with Gasteiger partial charge < -0.3 is 14.2 Å². The van der Waals surface area contributed by atoms with Crippen molar-refractivity contribution in [3.8, 4) is 0 Å². The van der Waals surface area contributed by atoms with E-state index in [1.807, 2.05) is 0 Å².